The monoisotopic (exact) mass is 403 g/mol. The van der Waals surface area contributed by atoms with Gasteiger partial charge in [0.2, 0.25) is 0 Å². The molecule has 3 atom stereocenters. The second-order valence-electron chi connectivity index (χ2n) is 7.77. The van der Waals surface area contributed by atoms with E-state index in [1.165, 1.54) is 4.90 Å². The Labute approximate surface area is 153 Å². The number of nitrogens with zero attached hydrogens (tertiary/aromatic N) is 2. The van der Waals surface area contributed by atoms with Gasteiger partial charge in [-0.25, -0.2) is 4.39 Å². The minimum absolute atomic E-state index is 0.0232. The fraction of sp³-hybridized carbons (Fsp3) is 0.588. The molecule has 5 rings (SSSR count). The number of anilines is 2. The van der Waals surface area contributed by atoms with Crippen molar-refractivity contribution in [3.8, 4) is 0 Å². The van der Waals surface area contributed by atoms with E-state index < -0.39 is 38.9 Å². The molecular weight excluding hydrogens is 386 g/mol. The van der Waals surface area contributed by atoms with Gasteiger partial charge in [0.05, 0.1) is 11.4 Å². The molecule has 1 saturated heterocycles. The average Bonchev–Trinajstić information content (AvgIpc) is 3.21. The highest BCUT2D eigenvalue weighted by molar-refractivity contribution is 7.90. The Bertz CT molecular complexity index is 956. The van der Waals surface area contributed by atoms with Gasteiger partial charge in [-0.2, -0.15) is 21.6 Å². The molecule has 10 heteroatoms. The van der Waals surface area contributed by atoms with Crippen molar-refractivity contribution in [3.63, 3.8) is 0 Å². The molecule has 1 aromatic carbocycles. The fourth-order valence-corrected chi connectivity index (χ4v) is 5.95. The van der Waals surface area contributed by atoms with Gasteiger partial charge >= 0.3 is 6.18 Å². The summed E-state index contributed by atoms with van der Waals surface area (Å²) in [5.41, 5.74) is -0.00810. The summed E-state index contributed by atoms with van der Waals surface area (Å²) in [5.74, 6) is -1.24. The lowest BCUT2D eigenvalue weighted by Crippen LogP contribution is -2.50. The standard InChI is InChI=1S/C17H17F4N3O2S/c18-10-6-12(24-11-4-3-9(5-11)15(24)17(19,20)21)14-13(7-10)27(25,26)23-16(22-14)8-1-2-8/h6-9,11,15H,1-5H2,(H,22,23)/t9-,11+,15-/m0/s1. The van der Waals surface area contributed by atoms with E-state index in [4.69, 9.17) is 0 Å². The van der Waals surface area contributed by atoms with Gasteiger partial charge in [-0.3, -0.25) is 0 Å². The lowest BCUT2D eigenvalue weighted by atomic mass is 9.97. The molecule has 3 fully saturated rings. The SMILES string of the molecule is O=S1(=O)N=C(C2CC2)Nc2c(N3[C@@H]4CC[C@@H](C4)[C@H]3C(F)(F)F)cc(F)cc21. The van der Waals surface area contributed by atoms with Gasteiger partial charge in [0.1, 0.15) is 22.6 Å². The molecule has 0 aromatic heterocycles. The number of nitrogens with one attached hydrogen (secondary N) is 1. The van der Waals surface area contributed by atoms with Crippen molar-refractivity contribution < 1.29 is 26.0 Å². The number of halogens is 4. The summed E-state index contributed by atoms with van der Waals surface area (Å²) in [4.78, 5) is 0.791. The van der Waals surface area contributed by atoms with E-state index in [9.17, 15) is 26.0 Å². The van der Waals surface area contributed by atoms with E-state index >= 15 is 0 Å². The Morgan fingerprint density at radius 2 is 1.89 bits per heavy atom. The second-order valence-corrected chi connectivity index (χ2v) is 9.34. The molecule has 0 unspecified atom stereocenters. The summed E-state index contributed by atoms with van der Waals surface area (Å²) in [5, 5.41) is 2.91. The molecule has 0 spiro atoms. The Morgan fingerprint density at radius 1 is 1.15 bits per heavy atom. The molecule has 2 aliphatic heterocycles. The Hall–Kier alpha value is -1.84. The Balaban J connectivity index is 1.68. The number of alkyl halides is 3. The lowest BCUT2D eigenvalue weighted by molar-refractivity contribution is -0.157. The first kappa shape index (κ1) is 17.3. The van der Waals surface area contributed by atoms with E-state index in [0.29, 0.717) is 19.3 Å². The third-order valence-electron chi connectivity index (χ3n) is 5.96. The number of hydrogen-bond acceptors (Lipinski definition) is 4. The zero-order valence-electron chi connectivity index (χ0n) is 14.1. The third kappa shape index (κ3) is 2.63. The van der Waals surface area contributed by atoms with Crippen LogP contribution in [0.3, 0.4) is 0 Å². The van der Waals surface area contributed by atoms with Gasteiger partial charge in [0, 0.05) is 12.0 Å². The van der Waals surface area contributed by atoms with E-state index in [-0.39, 0.29) is 29.2 Å². The summed E-state index contributed by atoms with van der Waals surface area (Å²) in [7, 11) is -4.16. The van der Waals surface area contributed by atoms with E-state index in [1.807, 2.05) is 0 Å². The van der Waals surface area contributed by atoms with Gasteiger partial charge in [0.15, 0.2) is 0 Å². The zero-order valence-corrected chi connectivity index (χ0v) is 14.9. The quantitative estimate of drug-likeness (QED) is 0.766. The summed E-state index contributed by atoms with van der Waals surface area (Å²) >= 11 is 0. The van der Waals surface area contributed by atoms with Crippen LogP contribution in [0, 0.1) is 17.7 Å². The molecule has 27 heavy (non-hydrogen) atoms. The van der Waals surface area contributed by atoms with Gasteiger partial charge in [-0.1, -0.05) is 0 Å². The van der Waals surface area contributed by atoms with Crippen LogP contribution < -0.4 is 10.2 Å². The van der Waals surface area contributed by atoms with Crippen molar-refractivity contribution in [2.45, 2.75) is 55.3 Å². The van der Waals surface area contributed by atoms with Crippen LogP contribution in [0.5, 0.6) is 0 Å². The van der Waals surface area contributed by atoms with Crippen LogP contribution in [-0.4, -0.2) is 32.5 Å². The van der Waals surface area contributed by atoms with Crippen molar-refractivity contribution in [2.24, 2.45) is 16.2 Å². The van der Waals surface area contributed by atoms with Crippen LogP contribution in [-0.2, 0) is 10.0 Å². The molecule has 5 nitrogen and oxygen atoms in total. The largest absolute Gasteiger partial charge is 0.409 e. The van der Waals surface area contributed by atoms with Gasteiger partial charge in [-0.15, -0.1) is 4.40 Å². The molecule has 2 saturated carbocycles. The molecule has 1 N–H and O–H groups in total. The minimum Gasteiger partial charge on any atom is -0.355 e. The van der Waals surface area contributed by atoms with Gasteiger partial charge < -0.3 is 10.2 Å². The van der Waals surface area contributed by atoms with Crippen LogP contribution in [0.1, 0.15) is 32.1 Å². The number of amidine groups is 1. The molecular formula is C17H17F4N3O2S. The highest BCUT2D eigenvalue weighted by Gasteiger charge is 2.58. The number of hydrogen-bond donors (Lipinski definition) is 1. The van der Waals surface area contributed by atoms with Crippen molar-refractivity contribution in [1.29, 1.82) is 0 Å². The number of rotatable bonds is 2. The topological polar surface area (TPSA) is 61.8 Å². The van der Waals surface area contributed by atoms with Crippen LogP contribution in [0.15, 0.2) is 21.4 Å². The fourth-order valence-electron chi connectivity index (χ4n) is 4.72. The normalized spacial score (nSPS) is 31.5. The van der Waals surface area contributed by atoms with Crippen LogP contribution in [0.25, 0.3) is 0 Å². The predicted molar refractivity (Wildman–Crippen MR) is 90.8 cm³/mol. The first-order valence-electron chi connectivity index (χ1n) is 8.95. The zero-order chi connectivity index (χ0) is 19.1. The smallest absolute Gasteiger partial charge is 0.355 e. The molecule has 2 heterocycles. The van der Waals surface area contributed by atoms with Gasteiger partial charge in [-0.05, 0) is 50.2 Å². The maximum absolute atomic E-state index is 14.2. The molecule has 0 radical (unpaired) electrons. The highest BCUT2D eigenvalue weighted by atomic mass is 32.2. The van der Waals surface area contributed by atoms with Gasteiger partial charge in [0.25, 0.3) is 10.0 Å². The summed E-state index contributed by atoms with van der Waals surface area (Å²) < 4.78 is 84.3. The number of piperidine rings is 1. The van der Waals surface area contributed by atoms with Crippen molar-refractivity contribution >= 4 is 27.2 Å². The molecule has 146 valence electrons. The summed E-state index contributed by atoms with van der Waals surface area (Å²) in [6.07, 6.45) is -1.49. The lowest BCUT2D eigenvalue weighted by Gasteiger charge is -2.39. The predicted octanol–water partition coefficient (Wildman–Crippen LogP) is 3.67. The summed E-state index contributed by atoms with van der Waals surface area (Å²) in [6.45, 7) is 0. The first-order chi connectivity index (χ1) is 12.6. The first-order valence-corrected chi connectivity index (χ1v) is 10.4. The van der Waals surface area contributed by atoms with E-state index in [1.54, 1.807) is 0 Å². The van der Waals surface area contributed by atoms with Crippen LogP contribution in [0.4, 0.5) is 28.9 Å². The molecule has 2 aliphatic carbocycles. The number of sulfonamides is 1. The van der Waals surface area contributed by atoms with Crippen molar-refractivity contribution in [3.05, 3.63) is 17.9 Å². The Kier molecular flexibility index (Phi) is 3.43. The second kappa shape index (κ2) is 5.36. The molecule has 4 aliphatic rings. The third-order valence-corrected chi connectivity index (χ3v) is 7.27. The van der Waals surface area contributed by atoms with Crippen molar-refractivity contribution in [1.82, 2.24) is 0 Å². The Morgan fingerprint density at radius 3 is 2.56 bits per heavy atom. The van der Waals surface area contributed by atoms with E-state index in [2.05, 4.69) is 9.71 Å². The maximum atomic E-state index is 14.2. The molecule has 0 amide bonds. The maximum Gasteiger partial charge on any atom is 0.409 e. The van der Waals surface area contributed by atoms with E-state index in [0.717, 1.165) is 25.0 Å². The number of fused-ring (bicyclic) bond motifs is 3. The van der Waals surface area contributed by atoms with Crippen LogP contribution in [0.2, 0.25) is 0 Å². The van der Waals surface area contributed by atoms with Crippen molar-refractivity contribution in [2.75, 3.05) is 10.2 Å². The summed E-state index contributed by atoms with van der Waals surface area (Å²) in [6, 6.07) is -0.266. The highest BCUT2D eigenvalue weighted by Crippen LogP contribution is 2.53. The number of benzene rings is 1. The average molecular weight is 403 g/mol. The molecule has 2 bridgehead atoms. The minimum atomic E-state index is -4.47. The molecule has 1 aromatic rings. The van der Waals surface area contributed by atoms with Crippen LogP contribution >= 0.6 is 0 Å².